The molecule has 0 aromatic rings. The van der Waals surface area contributed by atoms with Crippen molar-refractivity contribution in [3.63, 3.8) is 0 Å². The van der Waals surface area contributed by atoms with Gasteiger partial charge in [-0.3, -0.25) is 0 Å². The van der Waals surface area contributed by atoms with Crippen molar-refractivity contribution in [2.75, 3.05) is 0 Å². The molecule has 0 N–H and O–H groups in total. The van der Waals surface area contributed by atoms with Gasteiger partial charge in [0, 0.05) is 0 Å². The monoisotopic (exact) mass is 170 g/mol. The summed E-state index contributed by atoms with van der Waals surface area (Å²) in [5.41, 5.74) is 0. The van der Waals surface area contributed by atoms with Gasteiger partial charge in [0.05, 0.1) is 0 Å². The molecule has 0 saturated heterocycles. The van der Waals surface area contributed by atoms with Gasteiger partial charge < -0.3 is 11.0 Å². The third-order valence-corrected chi connectivity index (χ3v) is 0. The van der Waals surface area contributed by atoms with Gasteiger partial charge in [-0.25, -0.2) is 0 Å². The van der Waals surface area contributed by atoms with Crippen molar-refractivity contribution in [2.45, 2.75) is 0 Å². The minimum atomic E-state index is 0. The van der Waals surface area contributed by atoms with Crippen LogP contribution in [0.3, 0.4) is 0 Å². The van der Waals surface area contributed by atoms with E-state index in [1.807, 2.05) is 0 Å². The van der Waals surface area contributed by atoms with Gasteiger partial charge in [-0.05, 0) is 0 Å². The molecule has 0 radical (unpaired) electrons. The summed E-state index contributed by atoms with van der Waals surface area (Å²) in [6.07, 6.45) is 0. The molecule has 4 heteroatoms. The molecule has 0 aromatic heterocycles. The maximum atomic E-state index is 0. The second-order valence-electron chi connectivity index (χ2n) is 0. The predicted octanol–water partition coefficient (Wildman–Crippen LogP) is -3.61. The summed E-state index contributed by atoms with van der Waals surface area (Å²) in [5, 5.41) is 0. The Hall–Kier alpha value is 1.79. The first-order valence-electron chi connectivity index (χ1n) is 0. The van der Waals surface area contributed by atoms with E-state index >= 15 is 0 Å². The predicted molar refractivity (Wildman–Crippen MR) is 7.13 cm³/mol. The van der Waals surface area contributed by atoms with Crippen LogP contribution in [-0.4, -0.2) is 25.8 Å². The van der Waals surface area contributed by atoms with Gasteiger partial charge in [-0.15, -0.1) is 0 Å². The third kappa shape index (κ3) is 9.21. The van der Waals surface area contributed by atoms with E-state index in [1.54, 1.807) is 0 Å². The summed E-state index contributed by atoms with van der Waals surface area (Å²) in [6.45, 7) is 0. The fourth-order valence-corrected chi connectivity index (χ4v) is 0. The first-order valence-corrected chi connectivity index (χ1v) is 0. The van der Waals surface area contributed by atoms with Crippen LogP contribution in [0.15, 0.2) is 0 Å². The van der Waals surface area contributed by atoms with Gasteiger partial charge in [-0.1, -0.05) is 0 Å². The molecule has 0 aliphatic rings. The molecule has 0 aliphatic carbocycles. The zero-order chi connectivity index (χ0) is 0. The van der Waals surface area contributed by atoms with Crippen LogP contribution in [0.1, 0.15) is 0 Å². The molecule has 0 bridgehead atoms. The van der Waals surface area contributed by atoms with Crippen LogP contribution in [0.4, 0.5) is 0 Å². The Morgan fingerprint density at radius 3 is 0.750 bits per heavy atom. The molecule has 0 heterocycles. The van der Waals surface area contributed by atoms with Crippen LogP contribution in [0.5, 0.6) is 0 Å². The topological polar surface area (TPSA) is 57.0 Å². The molecular weight excluding hydrogens is 170 g/mol. The Kier molecular flexibility index (Phi) is 223. The molecule has 2 nitrogen and oxygen atoms in total. The van der Waals surface area contributed by atoms with E-state index < -0.39 is 0 Å². The summed E-state index contributed by atoms with van der Waals surface area (Å²) >= 11 is 0. The second-order valence-corrected chi connectivity index (χ2v) is 0. The summed E-state index contributed by atoms with van der Waals surface area (Å²) in [7, 11) is 0. The van der Waals surface area contributed by atoms with Crippen molar-refractivity contribution in [3.05, 3.63) is 0 Å². The SMILES string of the molecule is [In+3].[Na+].[O-2].[O-2]. The zero-order valence-electron chi connectivity index (χ0n) is 2.39. The molecule has 0 atom stereocenters. The van der Waals surface area contributed by atoms with Crippen LogP contribution in [0.2, 0.25) is 0 Å². The molecule has 0 unspecified atom stereocenters. The summed E-state index contributed by atoms with van der Waals surface area (Å²) in [5.74, 6) is 0. The first kappa shape index (κ1) is 41.5. The fraction of sp³-hybridized carbons (Fsp3) is 0. The summed E-state index contributed by atoms with van der Waals surface area (Å²) in [6, 6.07) is 0. The van der Waals surface area contributed by atoms with E-state index in [1.165, 1.54) is 0 Å². The van der Waals surface area contributed by atoms with E-state index in [0.29, 0.717) is 0 Å². The van der Waals surface area contributed by atoms with Gasteiger partial charge >= 0.3 is 55.4 Å². The minimum absolute atomic E-state index is 0. The third-order valence-electron chi connectivity index (χ3n) is 0. The van der Waals surface area contributed by atoms with Gasteiger partial charge in [0.25, 0.3) is 0 Å². The number of rotatable bonds is 0. The fourth-order valence-electron chi connectivity index (χ4n) is 0. The van der Waals surface area contributed by atoms with Gasteiger partial charge in [0.1, 0.15) is 0 Å². The number of hydrogen-bond donors (Lipinski definition) is 0. The van der Waals surface area contributed by atoms with Crippen molar-refractivity contribution >= 4 is 25.8 Å². The van der Waals surface area contributed by atoms with Crippen LogP contribution < -0.4 is 29.6 Å². The van der Waals surface area contributed by atoms with E-state index in [9.17, 15) is 0 Å². The maximum absolute atomic E-state index is 0. The van der Waals surface area contributed by atoms with E-state index in [4.69, 9.17) is 0 Å². The normalized spacial score (nSPS) is 0. The largest absolute Gasteiger partial charge is 3.00 e. The average Bonchev–Trinajstić information content (AvgIpc) is 0. The molecule has 0 amide bonds. The van der Waals surface area contributed by atoms with Gasteiger partial charge in [0.15, 0.2) is 0 Å². The summed E-state index contributed by atoms with van der Waals surface area (Å²) in [4.78, 5) is 0. The van der Waals surface area contributed by atoms with Crippen LogP contribution >= 0.6 is 0 Å². The summed E-state index contributed by atoms with van der Waals surface area (Å²) < 4.78 is 0. The molecule has 0 rings (SSSR count). The molecule has 0 aliphatic heterocycles. The van der Waals surface area contributed by atoms with Crippen molar-refractivity contribution in [2.24, 2.45) is 0 Å². The molecule has 16 valence electrons. The number of hydrogen-bond acceptors (Lipinski definition) is 0. The Morgan fingerprint density at radius 2 is 0.750 bits per heavy atom. The van der Waals surface area contributed by atoms with E-state index in [2.05, 4.69) is 0 Å². The van der Waals surface area contributed by atoms with Crippen molar-refractivity contribution in [3.8, 4) is 0 Å². The van der Waals surface area contributed by atoms with Gasteiger partial charge in [0.2, 0.25) is 0 Å². The van der Waals surface area contributed by atoms with Crippen molar-refractivity contribution < 1.29 is 40.5 Å². The molecular formula is InNaO2. The minimum Gasteiger partial charge on any atom is -2.00 e. The Balaban J connectivity index is 0. The first-order chi connectivity index (χ1) is 0. The molecule has 0 fully saturated rings. The molecule has 0 aromatic carbocycles. The average molecular weight is 170 g/mol. The van der Waals surface area contributed by atoms with Crippen molar-refractivity contribution in [1.82, 2.24) is 0 Å². The zero-order valence-corrected chi connectivity index (χ0v) is 7.69. The maximum Gasteiger partial charge on any atom is 3.00 e. The Bertz CT molecular complexity index is 6.00. The quantitative estimate of drug-likeness (QED) is 0.337. The van der Waals surface area contributed by atoms with E-state index in [0.717, 1.165) is 0 Å². The molecule has 0 spiro atoms. The Morgan fingerprint density at radius 1 is 0.750 bits per heavy atom. The standard InChI is InChI=1S/In.Na.2O/q+3;+1;2*-2. The second kappa shape index (κ2) is 21.5. The van der Waals surface area contributed by atoms with Gasteiger partial charge in [-0.2, -0.15) is 0 Å². The van der Waals surface area contributed by atoms with E-state index in [-0.39, 0.29) is 66.4 Å². The molecule has 0 saturated carbocycles. The molecule has 4 heavy (non-hydrogen) atoms. The van der Waals surface area contributed by atoms with Crippen LogP contribution in [0, 0.1) is 0 Å². The van der Waals surface area contributed by atoms with Crippen LogP contribution in [-0.2, 0) is 11.0 Å². The Labute approximate surface area is 65.7 Å². The smallest absolute Gasteiger partial charge is 2.00 e. The van der Waals surface area contributed by atoms with Crippen LogP contribution in [0.25, 0.3) is 0 Å². The van der Waals surface area contributed by atoms with Crippen molar-refractivity contribution in [1.29, 1.82) is 0 Å².